The van der Waals surface area contributed by atoms with E-state index in [1.807, 2.05) is 18.2 Å². The monoisotopic (exact) mass is 263 g/mol. The van der Waals surface area contributed by atoms with Crippen molar-refractivity contribution in [1.29, 1.82) is 0 Å². The van der Waals surface area contributed by atoms with Crippen LogP contribution in [0.3, 0.4) is 0 Å². The van der Waals surface area contributed by atoms with E-state index in [1.54, 1.807) is 6.20 Å². The molecule has 0 aliphatic heterocycles. The van der Waals surface area contributed by atoms with Crippen LogP contribution in [0.25, 0.3) is 11.3 Å². The van der Waals surface area contributed by atoms with Crippen molar-refractivity contribution < 1.29 is 0 Å². The quantitative estimate of drug-likeness (QED) is 0.375. The van der Waals surface area contributed by atoms with E-state index in [2.05, 4.69) is 59.7 Å². The topological polar surface area (TPSA) is 37.0 Å². The van der Waals surface area contributed by atoms with Gasteiger partial charge in [0.05, 0.1) is 11.2 Å². The van der Waals surface area contributed by atoms with Crippen molar-refractivity contribution in [2.75, 3.05) is 0 Å². The second-order valence-electron chi connectivity index (χ2n) is 5.10. The van der Waals surface area contributed by atoms with Crippen molar-refractivity contribution in [1.82, 2.24) is 15.7 Å². The van der Waals surface area contributed by atoms with Gasteiger partial charge in [0.1, 0.15) is 0 Å². The summed E-state index contributed by atoms with van der Waals surface area (Å²) in [6.45, 7) is 4.21. The van der Waals surface area contributed by atoms with Crippen LogP contribution < -0.4 is 10.8 Å². The van der Waals surface area contributed by atoms with E-state index in [0.29, 0.717) is 7.41 Å². The fourth-order valence-corrected chi connectivity index (χ4v) is 1.98. The Bertz CT molecular complexity index is 585. The zero-order chi connectivity index (χ0) is 14.4. The number of aromatic nitrogens is 1. The van der Waals surface area contributed by atoms with Crippen LogP contribution >= 0.6 is 0 Å². The standard InChI is InChI=1S/C16H18BN3/c1-4-17-20-19-16(2,3)14-10-8-13(9-11-14)15-7-5-6-12-18-15/h1,5-12,17,19-20H,2-3H3. The lowest BCUT2D eigenvalue weighted by Crippen LogP contribution is -2.47. The zero-order valence-electron chi connectivity index (χ0n) is 11.9. The van der Waals surface area contributed by atoms with Crippen molar-refractivity contribution in [3.63, 3.8) is 0 Å². The number of hydrogen-bond acceptors (Lipinski definition) is 3. The molecule has 0 unspecified atom stereocenters. The highest BCUT2D eigenvalue weighted by molar-refractivity contribution is 6.42. The normalized spacial score (nSPS) is 10.8. The smallest absolute Gasteiger partial charge is 0.285 e. The van der Waals surface area contributed by atoms with E-state index in [-0.39, 0.29) is 5.54 Å². The predicted molar refractivity (Wildman–Crippen MR) is 85.0 cm³/mol. The molecule has 0 fully saturated rings. The molecule has 0 amide bonds. The highest BCUT2D eigenvalue weighted by Crippen LogP contribution is 2.23. The van der Waals surface area contributed by atoms with Crippen molar-refractivity contribution >= 4 is 7.41 Å². The number of nitrogens with one attached hydrogen (secondary N) is 2. The van der Waals surface area contributed by atoms with Crippen LogP contribution in [0, 0.1) is 12.2 Å². The molecule has 1 aromatic heterocycles. The molecule has 0 radical (unpaired) electrons. The first-order valence-electron chi connectivity index (χ1n) is 6.59. The fraction of sp³-hybridized carbons (Fsp3) is 0.188. The first-order chi connectivity index (χ1) is 9.63. The van der Waals surface area contributed by atoms with Gasteiger partial charge in [-0.05, 0) is 31.5 Å². The maximum Gasteiger partial charge on any atom is 0.304 e. The maximum atomic E-state index is 5.22. The molecule has 2 aromatic rings. The fourth-order valence-electron chi connectivity index (χ4n) is 1.98. The lowest BCUT2D eigenvalue weighted by atomic mass is 9.92. The molecule has 4 heteroatoms. The maximum absolute atomic E-state index is 5.22. The van der Waals surface area contributed by atoms with Crippen LogP contribution in [0.1, 0.15) is 19.4 Å². The Morgan fingerprint density at radius 2 is 1.90 bits per heavy atom. The Balaban J connectivity index is 2.14. The van der Waals surface area contributed by atoms with Gasteiger partial charge in [0, 0.05) is 11.8 Å². The van der Waals surface area contributed by atoms with Crippen molar-refractivity contribution in [3.8, 4) is 23.5 Å². The molecule has 1 aromatic carbocycles. The van der Waals surface area contributed by atoms with Crippen LogP contribution in [-0.2, 0) is 5.54 Å². The summed E-state index contributed by atoms with van der Waals surface area (Å²) in [7, 11) is 0.495. The zero-order valence-corrected chi connectivity index (χ0v) is 11.9. The number of pyridine rings is 1. The Hall–Kier alpha value is -2.09. The number of hydrazine groups is 1. The summed E-state index contributed by atoms with van der Waals surface area (Å²) < 4.78 is 0. The first kappa shape index (κ1) is 14.3. The lowest BCUT2D eigenvalue weighted by Gasteiger charge is -2.27. The molecule has 0 bridgehead atoms. The van der Waals surface area contributed by atoms with Gasteiger partial charge < -0.3 is 0 Å². The first-order valence-corrected chi connectivity index (χ1v) is 6.59. The highest BCUT2D eigenvalue weighted by Gasteiger charge is 2.19. The minimum Gasteiger partial charge on any atom is -0.285 e. The summed E-state index contributed by atoms with van der Waals surface area (Å²) in [5, 5.41) is 3.02. The summed E-state index contributed by atoms with van der Waals surface area (Å²) in [6.07, 6.45) is 7.03. The molecule has 0 saturated carbocycles. The summed E-state index contributed by atoms with van der Waals surface area (Å²) >= 11 is 0. The average molecular weight is 263 g/mol. The number of terminal acetylenes is 1. The second kappa shape index (κ2) is 6.38. The van der Waals surface area contributed by atoms with Gasteiger partial charge in [0.25, 0.3) is 0 Å². The van der Waals surface area contributed by atoms with E-state index in [1.165, 1.54) is 5.56 Å². The van der Waals surface area contributed by atoms with Gasteiger partial charge >= 0.3 is 7.41 Å². The molecular formula is C16H18BN3. The number of hydrogen-bond donors (Lipinski definition) is 2. The summed E-state index contributed by atoms with van der Waals surface area (Å²) in [6, 6.07) is 14.3. The summed E-state index contributed by atoms with van der Waals surface area (Å²) in [5.74, 6) is 2.54. The second-order valence-corrected chi connectivity index (χ2v) is 5.10. The Labute approximate surface area is 121 Å². The molecule has 1 heterocycles. The Kier molecular flexibility index (Phi) is 4.57. The number of rotatable bonds is 5. The molecule has 0 aliphatic rings. The van der Waals surface area contributed by atoms with Gasteiger partial charge in [-0.3, -0.25) is 15.7 Å². The third-order valence-electron chi connectivity index (χ3n) is 3.16. The molecular weight excluding hydrogens is 245 g/mol. The molecule has 100 valence electrons. The Morgan fingerprint density at radius 1 is 1.15 bits per heavy atom. The molecule has 2 rings (SSSR count). The van der Waals surface area contributed by atoms with Gasteiger partial charge in [-0.15, -0.1) is 12.2 Å². The third-order valence-corrected chi connectivity index (χ3v) is 3.16. The lowest BCUT2D eigenvalue weighted by molar-refractivity contribution is 0.388. The average Bonchev–Trinajstić information content (AvgIpc) is 2.48. The van der Waals surface area contributed by atoms with Gasteiger partial charge in [-0.25, -0.2) is 0 Å². The van der Waals surface area contributed by atoms with E-state index in [9.17, 15) is 0 Å². The molecule has 0 aliphatic carbocycles. The molecule has 2 N–H and O–H groups in total. The van der Waals surface area contributed by atoms with Crippen LogP contribution in [0.15, 0.2) is 48.7 Å². The van der Waals surface area contributed by atoms with Crippen molar-refractivity contribution in [2.24, 2.45) is 0 Å². The number of benzene rings is 1. The van der Waals surface area contributed by atoms with Crippen LogP contribution in [0.4, 0.5) is 0 Å². The van der Waals surface area contributed by atoms with E-state index < -0.39 is 0 Å². The molecule has 0 saturated heterocycles. The van der Waals surface area contributed by atoms with Crippen molar-refractivity contribution in [2.45, 2.75) is 19.4 Å². The number of nitrogens with zero attached hydrogens (tertiary/aromatic N) is 1. The van der Waals surface area contributed by atoms with Gasteiger partial charge in [-0.1, -0.05) is 30.3 Å². The molecule has 0 spiro atoms. The van der Waals surface area contributed by atoms with Crippen LogP contribution in [-0.4, -0.2) is 12.4 Å². The molecule has 20 heavy (non-hydrogen) atoms. The van der Waals surface area contributed by atoms with Crippen LogP contribution in [0.5, 0.6) is 0 Å². The van der Waals surface area contributed by atoms with Crippen LogP contribution in [0.2, 0.25) is 0 Å². The van der Waals surface area contributed by atoms with Gasteiger partial charge in [0.2, 0.25) is 0 Å². The van der Waals surface area contributed by atoms with E-state index in [0.717, 1.165) is 11.3 Å². The van der Waals surface area contributed by atoms with E-state index >= 15 is 0 Å². The van der Waals surface area contributed by atoms with E-state index in [4.69, 9.17) is 6.42 Å². The minimum atomic E-state index is -0.195. The molecule has 0 atom stereocenters. The Morgan fingerprint density at radius 3 is 2.50 bits per heavy atom. The SMILES string of the molecule is C#CBNNC(C)(C)c1ccc(-c2ccccn2)cc1. The molecule has 3 nitrogen and oxygen atoms in total. The summed E-state index contributed by atoms with van der Waals surface area (Å²) in [5.41, 5.74) is 6.31. The minimum absolute atomic E-state index is 0.195. The predicted octanol–water partition coefficient (Wildman–Crippen LogP) is 2.02. The largest absolute Gasteiger partial charge is 0.304 e. The van der Waals surface area contributed by atoms with Gasteiger partial charge in [0.15, 0.2) is 0 Å². The van der Waals surface area contributed by atoms with Crippen molar-refractivity contribution in [3.05, 3.63) is 54.2 Å². The highest BCUT2D eigenvalue weighted by atomic mass is 15.3. The van der Waals surface area contributed by atoms with Gasteiger partial charge in [-0.2, -0.15) is 0 Å². The summed E-state index contributed by atoms with van der Waals surface area (Å²) in [4.78, 5) is 4.35. The third kappa shape index (κ3) is 3.48.